The number of hydrogen-bond acceptors (Lipinski definition) is 1. The monoisotopic (exact) mass is 965 g/mol. The van der Waals surface area contributed by atoms with Crippen LogP contribution in [0.15, 0.2) is 309 Å². The van der Waals surface area contributed by atoms with E-state index in [4.69, 9.17) is 0 Å². The van der Waals surface area contributed by atoms with Crippen molar-refractivity contribution in [3.8, 4) is 66.8 Å². The summed E-state index contributed by atoms with van der Waals surface area (Å²) < 4.78 is 0. The molecule has 13 aromatic carbocycles. The Hall–Kier alpha value is -9.82. The summed E-state index contributed by atoms with van der Waals surface area (Å²) in [6.45, 7) is 0. The summed E-state index contributed by atoms with van der Waals surface area (Å²) in [4.78, 5) is 2.52. The van der Waals surface area contributed by atoms with E-state index in [0.717, 1.165) is 50.4 Å². The lowest BCUT2D eigenvalue weighted by Crippen LogP contribution is -2.28. The zero-order valence-electron chi connectivity index (χ0n) is 41.9. The number of benzene rings is 13. The predicted octanol–water partition coefficient (Wildman–Crippen LogP) is 20.2. The average molecular weight is 966 g/mol. The third-order valence-electron chi connectivity index (χ3n) is 15.7. The average Bonchev–Trinajstić information content (AvgIpc) is 3.86. The van der Waals surface area contributed by atoms with Crippen LogP contribution in [0.3, 0.4) is 0 Å². The van der Waals surface area contributed by atoms with Gasteiger partial charge in [-0.15, -0.1) is 0 Å². The standard InChI is InChI=1S/C75H51N/c1-7-24-53(25-8-1)62-39-23-40-63(54-26-9-2-10-27-54)74(62)76(61-47-49-67-66-37-21-22-41-70(66)75(71(67)51-61,58-32-15-5-16-33-58)59-34-17-6-18-35-59)60-45-42-52(43-46-60)57-44-48-65-64-36-19-20-38-68(64)72(55-28-11-3-12-29-55)73(69(65)50-57)56-30-13-4-14-31-56/h1-51H. The Bertz CT molecular complexity index is 4130. The normalized spacial score (nSPS) is 12.3. The van der Waals surface area contributed by atoms with Crippen molar-refractivity contribution in [2.75, 3.05) is 4.90 Å². The first-order chi connectivity index (χ1) is 37.7. The maximum absolute atomic E-state index is 2.52. The van der Waals surface area contributed by atoms with Crippen LogP contribution >= 0.6 is 0 Å². The molecular formula is C75H51N. The van der Waals surface area contributed by atoms with Gasteiger partial charge in [-0.1, -0.05) is 279 Å². The van der Waals surface area contributed by atoms with Crippen molar-refractivity contribution in [1.82, 2.24) is 0 Å². The summed E-state index contributed by atoms with van der Waals surface area (Å²) in [7, 11) is 0. The van der Waals surface area contributed by atoms with Crippen LogP contribution in [0, 0.1) is 0 Å². The topological polar surface area (TPSA) is 3.24 Å². The van der Waals surface area contributed by atoms with Gasteiger partial charge in [-0.2, -0.15) is 0 Å². The largest absolute Gasteiger partial charge is 0.309 e. The number of hydrogen-bond donors (Lipinski definition) is 0. The van der Waals surface area contributed by atoms with E-state index in [1.165, 1.54) is 77.2 Å². The van der Waals surface area contributed by atoms with Crippen molar-refractivity contribution >= 4 is 38.6 Å². The molecule has 76 heavy (non-hydrogen) atoms. The molecule has 356 valence electrons. The van der Waals surface area contributed by atoms with Crippen molar-refractivity contribution in [3.63, 3.8) is 0 Å². The van der Waals surface area contributed by atoms with Gasteiger partial charge >= 0.3 is 0 Å². The Kier molecular flexibility index (Phi) is 11.2. The van der Waals surface area contributed by atoms with Gasteiger partial charge in [0.25, 0.3) is 0 Å². The van der Waals surface area contributed by atoms with E-state index in [1.807, 2.05) is 0 Å². The van der Waals surface area contributed by atoms with E-state index in [1.54, 1.807) is 0 Å². The number of fused-ring (bicyclic) bond motifs is 6. The molecule has 1 nitrogen and oxygen atoms in total. The van der Waals surface area contributed by atoms with Gasteiger partial charge in [0.1, 0.15) is 0 Å². The summed E-state index contributed by atoms with van der Waals surface area (Å²) in [5.74, 6) is 0. The van der Waals surface area contributed by atoms with Crippen LogP contribution in [0.5, 0.6) is 0 Å². The third kappa shape index (κ3) is 7.39. The molecule has 0 unspecified atom stereocenters. The molecule has 0 saturated heterocycles. The molecule has 0 N–H and O–H groups in total. The number of anilines is 3. The van der Waals surface area contributed by atoms with Crippen LogP contribution in [-0.2, 0) is 5.41 Å². The lowest BCUT2D eigenvalue weighted by atomic mass is 9.67. The fourth-order valence-electron chi connectivity index (χ4n) is 12.4. The molecule has 1 aliphatic carbocycles. The smallest absolute Gasteiger partial charge is 0.0714 e. The quantitative estimate of drug-likeness (QED) is 0.123. The van der Waals surface area contributed by atoms with Gasteiger partial charge < -0.3 is 4.90 Å². The van der Waals surface area contributed by atoms with Gasteiger partial charge in [-0.25, -0.2) is 0 Å². The first-order valence-corrected chi connectivity index (χ1v) is 26.3. The second-order valence-electron chi connectivity index (χ2n) is 19.9. The van der Waals surface area contributed by atoms with E-state index in [9.17, 15) is 0 Å². The zero-order valence-corrected chi connectivity index (χ0v) is 41.9. The number of para-hydroxylation sites is 1. The summed E-state index contributed by atoms with van der Waals surface area (Å²) in [5.41, 5.74) is 22.1. The van der Waals surface area contributed by atoms with Gasteiger partial charge in [0.2, 0.25) is 0 Å². The van der Waals surface area contributed by atoms with Crippen molar-refractivity contribution in [1.29, 1.82) is 0 Å². The highest BCUT2D eigenvalue weighted by atomic mass is 15.1. The Morgan fingerprint density at radius 1 is 0.224 bits per heavy atom. The van der Waals surface area contributed by atoms with Crippen LogP contribution < -0.4 is 4.90 Å². The Morgan fingerprint density at radius 3 is 1.22 bits per heavy atom. The van der Waals surface area contributed by atoms with E-state index < -0.39 is 5.41 Å². The molecular weight excluding hydrogens is 915 g/mol. The molecule has 0 heterocycles. The lowest BCUT2D eigenvalue weighted by Gasteiger charge is -2.35. The predicted molar refractivity (Wildman–Crippen MR) is 321 cm³/mol. The SMILES string of the molecule is c1ccc(-c2cccc(-c3ccccc3)c2N(c2ccc(-c3ccc4c(c3)c(-c3ccccc3)c(-c3ccccc3)c3ccccc34)cc2)c2ccc3c(c2)C(c2ccccc2)(c2ccccc2)c2ccccc2-3)cc1. The molecule has 14 rings (SSSR count). The number of rotatable bonds is 10. The second-order valence-corrected chi connectivity index (χ2v) is 19.9. The molecule has 1 aliphatic rings. The minimum absolute atomic E-state index is 0.568. The highest BCUT2D eigenvalue weighted by Crippen LogP contribution is 2.58. The molecule has 0 amide bonds. The summed E-state index contributed by atoms with van der Waals surface area (Å²) >= 11 is 0. The minimum Gasteiger partial charge on any atom is -0.309 e. The maximum Gasteiger partial charge on any atom is 0.0714 e. The van der Waals surface area contributed by atoms with Gasteiger partial charge in [-0.3, -0.25) is 0 Å². The highest BCUT2D eigenvalue weighted by molar-refractivity contribution is 6.22. The van der Waals surface area contributed by atoms with E-state index in [-0.39, 0.29) is 0 Å². The van der Waals surface area contributed by atoms with Crippen molar-refractivity contribution in [2.45, 2.75) is 5.41 Å². The van der Waals surface area contributed by atoms with Crippen LogP contribution in [0.2, 0.25) is 0 Å². The Morgan fingerprint density at radius 2 is 0.645 bits per heavy atom. The molecule has 0 bridgehead atoms. The van der Waals surface area contributed by atoms with Gasteiger partial charge in [-0.05, 0) is 130 Å². The Balaban J connectivity index is 1.01. The molecule has 0 radical (unpaired) electrons. The zero-order chi connectivity index (χ0) is 50.4. The molecule has 0 atom stereocenters. The van der Waals surface area contributed by atoms with E-state index in [2.05, 4.69) is 314 Å². The van der Waals surface area contributed by atoms with E-state index in [0.29, 0.717) is 0 Å². The molecule has 13 aromatic rings. The van der Waals surface area contributed by atoms with Crippen molar-refractivity contribution in [2.24, 2.45) is 0 Å². The summed E-state index contributed by atoms with van der Waals surface area (Å²) in [6, 6.07) is 114. The highest BCUT2D eigenvalue weighted by Gasteiger charge is 2.46. The second kappa shape index (κ2) is 18.9. The fourth-order valence-corrected chi connectivity index (χ4v) is 12.4. The summed E-state index contributed by atoms with van der Waals surface area (Å²) in [5, 5.41) is 4.98. The van der Waals surface area contributed by atoms with Crippen LogP contribution in [0.1, 0.15) is 22.3 Å². The first kappa shape index (κ1) is 44.8. The van der Waals surface area contributed by atoms with Crippen molar-refractivity contribution < 1.29 is 0 Å². The summed E-state index contributed by atoms with van der Waals surface area (Å²) in [6.07, 6.45) is 0. The van der Waals surface area contributed by atoms with Crippen LogP contribution in [0.4, 0.5) is 17.1 Å². The lowest BCUT2D eigenvalue weighted by molar-refractivity contribution is 0.768. The third-order valence-corrected chi connectivity index (χ3v) is 15.7. The van der Waals surface area contributed by atoms with E-state index >= 15 is 0 Å². The first-order valence-electron chi connectivity index (χ1n) is 26.3. The molecule has 0 aliphatic heterocycles. The fraction of sp³-hybridized carbons (Fsp3) is 0.0133. The van der Waals surface area contributed by atoms with Crippen LogP contribution in [0.25, 0.3) is 88.3 Å². The molecule has 0 fully saturated rings. The van der Waals surface area contributed by atoms with Gasteiger partial charge in [0, 0.05) is 22.5 Å². The molecule has 0 aromatic heterocycles. The molecule has 0 saturated carbocycles. The molecule has 1 heteroatoms. The van der Waals surface area contributed by atoms with Gasteiger partial charge in [0.15, 0.2) is 0 Å². The Labute approximate surface area is 444 Å². The maximum atomic E-state index is 2.52. The minimum atomic E-state index is -0.568. The van der Waals surface area contributed by atoms with Crippen LogP contribution in [-0.4, -0.2) is 0 Å². The van der Waals surface area contributed by atoms with Gasteiger partial charge in [0.05, 0.1) is 11.1 Å². The number of nitrogens with zero attached hydrogens (tertiary/aromatic N) is 1. The molecule has 0 spiro atoms. The van der Waals surface area contributed by atoms with Crippen molar-refractivity contribution in [3.05, 3.63) is 332 Å².